The van der Waals surface area contributed by atoms with Crippen LogP contribution in [0.25, 0.3) is 0 Å². The first-order valence-electron chi connectivity index (χ1n) is 10.1. The van der Waals surface area contributed by atoms with E-state index < -0.39 is 0 Å². The fraction of sp³-hybridized carbons (Fsp3) is 0.524. The number of aryl methyl sites for hydroxylation is 1. The van der Waals surface area contributed by atoms with Crippen LogP contribution in [0.1, 0.15) is 36.4 Å². The predicted octanol–water partition coefficient (Wildman–Crippen LogP) is 1.92. The molecule has 1 aromatic carbocycles. The Balaban J connectivity index is 1.24. The van der Waals surface area contributed by atoms with Crippen LogP contribution in [-0.4, -0.2) is 48.4 Å². The molecule has 0 saturated carbocycles. The highest BCUT2D eigenvalue weighted by atomic mass is 16.2. The molecule has 2 N–H and O–H groups in total. The molecule has 2 aliphatic heterocycles. The Morgan fingerprint density at radius 2 is 2.19 bits per heavy atom. The number of fused-ring (bicyclic) bond motifs is 1. The molecule has 0 unspecified atom stereocenters. The van der Waals surface area contributed by atoms with Crippen LogP contribution in [0.3, 0.4) is 0 Å². The van der Waals surface area contributed by atoms with Crippen LogP contribution < -0.4 is 15.5 Å². The van der Waals surface area contributed by atoms with Crippen LogP contribution in [0.2, 0.25) is 0 Å². The molecule has 0 spiro atoms. The zero-order valence-electron chi connectivity index (χ0n) is 15.9. The highest BCUT2D eigenvalue weighted by molar-refractivity contribution is 5.75. The first kappa shape index (κ1) is 18.0. The van der Waals surface area contributed by atoms with E-state index in [9.17, 15) is 4.79 Å². The van der Waals surface area contributed by atoms with E-state index in [1.54, 1.807) is 4.68 Å². The monoisotopic (exact) mass is 367 g/mol. The van der Waals surface area contributed by atoms with Crippen LogP contribution >= 0.6 is 0 Å². The summed E-state index contributed by atoms with van der Waals surface area (Å²) in [6.07, 6.45) is 6.61. The number of anilines is 1. The highest BCUT2D eigenvalue weighted by Crippen LogP contribution is 2.26. The summed E-state index contributed by atoms with van der Waals surface area (Å²) in [4.78, 5) is 14.7. The number of amides is 1. The summed E-state index contributed by atoms with van der Waals surface area (Å²) in [6.45, 7) is 4.94. The van der Waals surface area contributed by atoms with Gasteiger partial charge in [0.15, 0.2) is 0 Å². The molecule has 0 radical (unpaired) electrons. The molecule has 27 heavy (non-hydrogen) atoms. The minimum Gasteiger partial charge on any atom is -0.370 e. The van der Waals surface area contributed by atoms with Crippen molar-refractivity contribution in [1.29, 1.82) is 0 Å². The maximum absolute atomic E-state index is 12.3. The van der Waals surface area contributed by atoms with E-state index >= 15 is 0 Å². The van der Waals surface area contributed by atoms with Gasteiger partial charge in [-0.1, -0.05) is 18.2 Å². The highest BCUT2D eigenvalue weighted by Gasteiger charge is 2.18. The average Bonchev–Trinajstić information content (AvgIpc) is 3.17. The van der Waals surface area contributed by atoms with Crippen molar-refractivity contribution in [1.82, 2.24) is 20.4 Å². The van der Waals surface area contributed by atoms with Crippen LogP contribution in [0.5, 0.6) is 0 Å². The van der Waals surface area contributed by atoms with Crippen LogP contribution in [-0.2, 0) is 17.8 Å². The Morgan fingerprint density at radius 3 is 3.07 bits per heavy atom. The molecule has 2 aliphatic rings. The van der Waals surface area contributed by atoms with Crippen molar-refractivity contribution >= 4 is 11.6 Å². The Labute approximate surface area is 160 Å². The lowest BCUT2D eigenvalue weighted by molar-refractivity contribution is -0.121. The van der Waals surface area contributed by atoms with Crippen molar-refractivity contribution < 1.29 is 4.79 Å². The third-order valence-corrected chi connectivity index (χ3v) is 5.59. The third-order valence-electron chi connectivity index (χ3n) is 5.59. The molecule has 1 saturated heterocycles. The van der Waals surface area contributed by atoms with E-state index in [0.29, 0.717) is 12.5 Å². The largest absolute Gasteiger partial charge is 0.370 e. The summed E-state index contributed by atoms with van der Waals surface area (Å²) < 4.78 is 1.76. The Morgan fingerprint density at radius 1 is 1.26 bits per heavy atom. The summed E-state index contributed by atoms with van der Waals surface area (Å²) in [5.41, 5.74) is 3.83. The number of nitrogens with one attached hydrogen (secondary N) is 2. The quantitative estimate of drug-likeness (QED) is 0.819. The molecule has 4 rings (SSSR count). The second-order valence-electron chi connectivity index (χ2n) is 7.55. The Hall–Kier alpha value is -2.34. The first-order valence-corrected chi connectivity index (χ1v) is 10.1. The van der Waals surface area contributed by atoms with Gasteiger partial charge in [-0.3, -0.25) is 9.48 Å². The van der Waals surface area contributed by atoms with Crippen LogP contribution in [0, 0.1) is 0 Å². The number of benzene rings is 1. The van der Waals surface area contributed by atoms with Gasteiger partial charge < -0.3 is 15.5 Å². The predicted molar refractivity (Wildman–Crippen MR) is 107 cm³/mol. The van der Waals surface area contributed by atoms with Gasteiger partial charge in [-0.25, -0.2) is 0 Å². The number of piperidine rings is 1. The number of carbonyl (C=O) groups is 1. The molecule has 2 aromatic rings. The van der Waals surface area contributed by atoms with Crippen molar-refractivity contribution in [2.24, 2.45) is 0 Å². The van der Waals surface area contributed by atoms with Gasteiger partial charge in [-0.2, -0.15) is 5.10 Å². The van der Waals surface area contributed by atoms with Gasteiger partial charge in [0.2, 0.25) is 5.91 Å². The summed E-state index contributed by atoms with van der Waals surface area (Å²) in [6, 6.07) is 10.6. The topological polar surface area (TPSA) is 62.2 Å². The molecule has 1 amide bonds. The second kappa shape index (κ2) is 8.57. The summed E-state index contributed by atoms with van der Waals surface area (Å²) in [5.74, 6) is 0.499. The molecule has 6 heteroatoms. The Bertz CT molecular complexity index is 765. The molecular weight excluding hydrogens is 338 g/mol. The number of para-hydroxylation sites is 1. The molecule has 3 heterocycles. The summed E-state index contributed by atoms with van der Waals surface area (Å²) in [7, 11) is 0. The maximum atomic E-state index is 12.3. The minimum atomic E-state index is 0.0247. The lowest BCUT2D eigenvalue weighted by Crippen LogP contribution is -2.38. The molecule has 1 aromatic heterocycles. The molecule has 1 fully saturated rings. The van der Waals surface area contributed by atoms with E-state index in [4.69, 9.17) is 0 Å². The van der Waals surface area contributed by atoms with E-state index in [2.05, 4.69) is 51.0 Å². The fourth-order valence-electron chi connectivity index (χ4n) is 4.16. The number of aromatic nitrogens is 2. The Kier molecular flexibility index (Phi) is 5.72. The van der Waals surface area contributed by atoms with E-state index in [-0.39, 0.29) is 12.5 Å². The normalized spacial score (nSPS) is 19.6. The number of rotatable bonds is 6. The number of hydrogen-bond donors (Lipinski definition) is 2. The number of nitrogens with zero attached hydrogens (tertiary/aromatic N) is 3. The smallest absolute Gasteiger partial charge is 0.241 e. The van der Waals surface area contributed by atoms with Crippen molar-refractivity contribution in [3.63, 3.8) is 0 Å². The standard InChI is InChI=1S/C21H29N5O/c27-21(16-26-13-9-19(24-26)18-6-3-10-22-15-18)23-11-14-25-12-4-7-17-5-1-2-8-20(17)25/h1-2,5,8-9,13,18,22H,3-4,6-7,10-12,14-16H2,(H,23,27)/t18-/m0/s1. The van der Waals surface area contributed by atoms with E-state index in [1.165, 1.54) is 30.5 Å². The van der Waals surface area contributed by atoms with Crippen molar-refractivity contribution in [2.45, 2.75) is 38.1 Å². The van der Waals surface area contributed by atoms with Gasteiger partial charge in [0.25, 0.3) is 0 Å². The zero-order valence-corrected chi connectivity index (χ0v) is 15.9. The summed E-state index contributed by atoms with van der Waals surface area (Å²) >= 11 is 0. The maximum Gasteiger partial charge on any atom is 0.241 e. The lowest BCUT2D eigenvalue weighted by Gasteiger charge is -2.31. The van der Waals surface area contributed by atoms with Gasteiger partial charge in [-0.05, 0) is 49.9 Å². The minimum absolute atomic E-state index is 0.0247. The second-order valence-corrected chi connectivity index (χ2v) is 7.55. The lowest BCUT2D eigenvalue weighted by atomic mass is 9.97. The van der Waals surface area contributed by atoms with Gasteiger partial charge in [0, 0.05) is 44.0 Å². The van der Waals surface area contributed by atoms with Gasteiger partial charge >= 0.3 is 0 Å². The summed E-state index contributed by atoms with van der Waals surface area (Å²) in [5, 5.41) is 11.1. The molecule has 0 bridgehead atoms. The van der Waals surface area contributed by atoms with Gasteiger partial charge in [-0.15, -0.1) is 0 Å². The van der Waals surface area contributed by atoms with E-state index in [0.717, 1.165) is 38.3 Å². The molecule has 1 atom stereocenters. The van der Waals surface area contributed by atoms with Crippen molar-refractivity contribution in [2.75, 3.05) is 37.6 Å². The number of carbonyl (C=O) groups excluding carboxylic acids is 1. The average molecular weight is 367 g/mol. The van der Waals surface area contributed by atoms with E-state index in [1.807, 2.05) is 6.20 Å². The van der Waals surface area contributed by atoms with Crippen LogP contribution in [0.15, 0.2) is 36.5 Å². The molecule has 6 nitrogen and oxygen atoms in total. The van der Waals surface area contributed by atoms with Crippen LogP contribution in [0.4, 0.5) is 5.69 Å². The SMILES string of the molecule is O=C(Cn1ccc([C@H]2CCCNC2)n1)NCCN1CCCc2ccccc21. The fourth-order valence-corrected chi connectivity index (χ4v) is 4.16. The van der Waals surface area contributed by atoms with Crippen molar-refractivity contribution in [3.8, 4) is 0 Å². The van der Waals surface area contributed by atoms with Gasteiger partial charge in [0.1, 0.15) is 6.54 Å². The number of hydrogen-bond acceptors (Lipinski definition) is 4. The first-order chi connectivity index (χ1) is 13.3. The molecular formula is C21H29N5O. The van der Waals surface area contributed by atoms with Crippen molar-refractivity contribution in [3.05, 3.63) is 47.8 Å². The molecule has 0 aliphatic carbocycles. The zero-order chi connectivity index (χ0) is 18.5. The third kappa shape index (κ3) is 4.50. The van der Waals surface area contributed by atoms with Gasteiger partial charge in [0.05, 0.1) is 5.69 Å². The molecule has 144 valence electrons.